The summed E-state index contributed by atoms with van der Waals surface area (Å²) in [5.74, 6) is 0. The molecule has 0 aliphatic carbocycles. The number of nitrogens with zero attached hydrogens (tertiary/aromatic N) is 8. The Morgan fingerprint density at radius 1 is 0.582 bits per heavy atom. The molecule has 16 nitrogen and oxygen atoms in total. The van der Waals surface area contributed by atoms with Crippen molar-refractivity contribution >= 4 is 94.9 Å². The molecule has 6 rings (SSSR count). The van der Waals surface area contributed by atoms with E-state index < -0.39 is 17.6 Å². The van der Waals surface area contributed by atoms with Crippen LogP contribution in [0.2, 0.25) is 0 Å². The van der Waals surface area contributed by atoms with E-state index in [1.807, 2.05) is 29.2 Å². The molecule has 0 unspecified atom stereocenters. The molecule has 0 aliphatic rings. The van der Waals surface area contributed by atoms with E-state index in [9.17, 15) is 27.6 Å². The van der Waals surface area contributed by atoms with Crippen LogP contribution in [0.3, 0.4) is 0 Å². The van der Waals surface area contributed by atoms with Crippen LogP contribution in [0, 0.1) is 5.41 Å². The number of ether oxygens (including phenoxy) is 3. The number of aromatic nitrogens is 4. The van der Waals surface area contributed by atoms with Gasteiger partial charge in [-0.1, -0.05) is 12.2 Å². The molecule has 2 aromatic carbocycles. The molecule has 6 aromatic rings. The van der Waals surface area contributed by atoms with E-state index in [0.717, 1.165) is 33.9 Å². The molecule has 0 radical (unpaired) electrons. The van der Waals surface area contributed by atoms with Crippen LogP contribution in [-0.2, 0) is 48.1 Å². The van der Waals surface area contributed by atoms with Gasteiger partial charge in [0.05, 0.1) is 41.6 Å². The number of rotatable bonds is 22. The molecule has 21 heteroatoms. The van der Waals surface area contributed by atoms with Gasteiger partial charge in [-0.3, -0.25) is 34.7 Å². The van der Waals surface area contributed by atoms with Gasteiger partial charge in [0.2, 0.25) is 0 Å². The van der Waals surface area contributed by atoms with Crippen LogP contribution < -0.4 is 14.7 Å². The predicted octanol–water partition coefficient (Wildman–Crippen LogP) is 14.1. The Bertz CT molecular complexity index is 2950. The SMILES string of the molecule is CC(C)N(c1ccc(N(c2ccc(N(C(C)C)C(C)C)cc2)c2ccnc(/C([NH-])=C/C(=N)C(F)(F)F)c2)cc1)C(C)C.O=CO/C=C/c1ccnc(-c2cc(/C=C/OC=O)cc(-c3cc(/C=C/OC=O)ccn3)n2)c1.[N-]=C=S.[Ru+2]. The summed E-state index contributed by atoms with van der Waals surface area (Å²) in [6.45, 7) is 18.2. The van der Waals surface area contributed by atoms with E-state index in [1.54, 1.807) is 79.2 Å². The maximum absolute atomic E-state index is 13.0. The number of anilines is 5. The van der Waals surface area contributed by atoms with Gasteiger partial charge in [-0.2, -0.15) is 18.3 Å². The Hall–Kier alpha value is -8.51. The third-order valence-electron chi connectivity index (χ3n) is 11.0. The number of carbonyl (C=O) groups excluding carboxylic acids is 3. The van der Waals surface area contributed by atoms with Crippen LogP contribution in [0.25, 0.3) is 57.8 Å². The van der Waals surface area contributed by atoms with Crippen LogP contribution in [-0.4, -0.2) is 80.6 Å². The minimum Gasteiger partial charge on any atom is -0.753 e. The number of benzene rings is 2. The van der Waals surface area contributed by atoms with E-state index in [1.165, 1.54) is 30.1 Å². The quantitative estimate of drug-likeness (QED) is 0.0167. The van der Waals surface area contributed by atoms with Gasteiger partial charge in [-0.05, 0) is 193 Å². The fourth-order valence-corrected chi connectivity index (χ4v) is 8.13. The number of isothiocyanates is 1. The van der Waals surface area contributed by atoms with Crippen LogP contribution in [0.4, 0.5) is 41.6 Å². The van der Waals surface area contributed by atoms with Gasteiger partial charge in [0.1, 0.15) is 5.71 Å². The molecule has 2 N–H and O–H groups in total. The third-order valence-corrected chi connectivity index (χ3v) is 11.0. The predicted molar refractivity (Wildman–Crippen MR) is 306 cm³/mol. The molecule has 0 saturated heterocycles. The topological polar surface area (TPSA) is 210 Å². The van der Waals surface area contributed by atoms with Gasteiger partial charge in [0.25, 0.3) is 19.4 Å². The Morgan fingerprint density at radius 2 is 0.937 bits per heavy atom. The third kappa shape index (κ3) is 19.8. The summed E-state index contributed by atoms with van der Waals surface area (Å²) in [4.78, 5) is 55.4. The molecular formula is C58H59F3N10O6RuS. The van der Waals surface area contributed by atoms with Crippen molar-refractivity contribution in [1.82, 2.24) is 19.9 Å². The Morgan fingerprint density at radius 3 is 1.30 bits per heavy atom. The summed E-state index contributed by atoms with van der Waals surface area (Å²) in [6.07, 6.45) is 8.93. The summed E-state index contributed by atoms with van der Waals surface area (Å²) in [5, 5.41) is 15.8. The number of carbonyl (C=O) groups is 3. The Kier molecular flexibility index (Phi) is 26.5. The standard InChI is InChI=1S/C33H42F3N6.C24H17N3O6.CNS.Ru/c1-21(2)40(22(3)4)25-9-13-27(14-10-25)42(28-15-11-26(12-16-28)41(23(5)6)24(7)8)29-17-18-39-31(19-29)30(37)20-32(38)33(34,35)36;28-15-31-8-3-18-1-6-25-21(11-18)23-13-20(5-10-33-17-30)14-24(27-23)22-12-19(2-7-26-22)4-9-32-16-29;2-1-3;/h9-24,37-38H,1-8H3;1-17H;;/q-1;;-1;+2/b30-20-,38-32?;8-3+,9-4+,10-5+;;. The van der Waals surface area contributed by atoms with Crippen molar-refractivity contribution < 1.29 is 61.2 Å². The van der Waals surface area contributed by atoms with Crippen molar-refractivity contribution in [2.45, 2.75) is 85.7 Å². The van der Waals surface area contributed by atoms with Gasteiger partial charge in [-0.15, -0.1) is 5.70 Å². The molecule has 0 fully saturated rings. The van der Waals surface area contributed by atoms with Crippen molar-refractivity contribution in [3.8, 4) is 22.8 Å². The fraction of sp³-hybridized carbons (Fsp3) is 0.224. The number of hydrogen-bond acceptors (Lipinski definition) is 15. The summed E-state index contributed by atoms with van der Waals surface area (Å²) < 4.78 is 52.7. The summed E-state index contributed by atoms with van der Waals surface area (Å²) in [5.41, 5.74) is 15.0. The molecule has 0 atom stereocenters. The molecule has 4 aromatic heterocycles. The minimum atomic E-state index is -4.83. The molecular weight excluding hydrogens is 1120 g/mol. The van der Waals surface area contributed by atoms with Crippen molar-refractivity contribution in [2.75, 3.05) is 14.7 Å². The van der Waals surface area contributed by atoms with Crippen molar-refractivity contribution in [3.05, 3.63) is 174 Å². The number of alkyl halides is 3. The first-order chi connectivity index (χ1) is 37.3. The van der Waals surface area contributed by atoms with Gasteiger partial charge in [0.15, 0.2) is 0 Å². The molecule has 4 heterocycles. The normalized spacial score (nSPS) is 11.3. The molecule has 0 saturated carbocycles. The number of thiocarbonyl (C=S) groups is 1. The second-order valence-electron chi connectivity index (χ2n) is 17.7. The van der Waals surface area contributed by atoms with E-state index in [2.05, 4.69) is 136 Å². The number of hydrogen-bond donors (Lipinski definition) is 1. The number of pyridine rings is 4. The van der Waals surface area contributed by atoms with E-state index >= 15 is 0 Å². The summed E-state index contributed by atoms with van der Waals surface area (Å²) >= 11 is 3.70. The molecule has 0 aliphatic heterocycles. The first-order valence-corrected chi connectivity index (χ1v) is 24.5. The second-order valence-corrected chi connectivity index (χ2v) is 17.9. The molecule has 0 bridgehead atoms. The maximum atomic E-state index is 13.0. The average molecular weight is 1180 g/mol. The monoisotopic (exact) mass is 1180 g/mol. The Balaban J connectivity index is 0.000000400. The first kappa shape index (κ1) is 64.8. The number of nitrogens with one attached hydrogen (secondary N) is 2. The molecule has 412 valence electrons. The van der Waals surface area contributed by atoms with E-state index in [4.69, 9.17) is 16.6 Å². The fourth-order valence-electron chi connectivity index (χ4n) is 8.13. The number of allylic oxidation sites excluding steroid dienone is 1. The first-order valence-electron chi connectivity index (χ1n) is 24.1. The molecule has 0 spiro atoms. The number of halogens is 3. The zero-order valence-electron chi connectivity index (χ0n) is 44.5. The maximum Gasteiger partial charge on any atom is 2.00 e. The zero-order chi connectivity index (χ0) is 57.4. The van der Waals surface area contributed by atoms with Gasteiger partial charge in [-0.25, -0.2) is 4.98 Å². The van der Waals surface area contributed by atoms with E-state index in [0.29, 0.717) is 83.7 Å². The van der Waals surface area contributed by atoms with Gasteiger partial charge in [0, 0.05) is 76.9 Å². The zero-order valence-corrected chi connectivity index (χ0v) is 47.0. The van der Waals surface area contributed by atoms with Gasteiger partial charge >= 0.3 is 25.7 Å². The van der Waals surface area contributed by atoms with Crippen LogP contribution in [0.5, 0.6) is 0 Å². The second kappa shape index (κ2) is 32.3. The minimum absolute atomic E-state index is 0. The largest absolute Gasteiger partial charge is 2.00 e. The van der Waals surface area contributed by atoms with Crippen LogP contribution in [0.15, 0.2) is 141 Å². The van der Waals surface area contributed by atoms with Crippen molar-refractivity contribution in [2.24, 2.45) is 0 Å². The average Bonchev–Trinajstić information content (AvgIpc) is 3.40. The van der Waals surface area contributed by atoms with Crippen LogP contribution in [0.1, 0.15) is 77.8 Å². The summed E-state index contributed by atoms with van der Waals surface area (Å²) in [6, 6.07) is 31.5. The van der Waals surface area contributed by atoms with Crippen molar-refractivity contribution in [3.63, 3.8) is 0 Å². The summed E-state index contributed by atoms with van der Waals surface area (Å²) in [7, 11) is 0. The van der Waals surface area contributed by atoms with E-state index in [-0.39, 0.29) is 25.2 Å². The van der Waals surface area contributed by atoms with Gasteiger partial charge < -0.3 is 40.1 Å². The van der Waals surface area contributed by atoms with Crippen molar-refractivity contribution in [1.29, 1.82) is 5.41 Å². The van der Waals surface area contributed by atoms with Crippen LogP contribution >= 0.6 is 12.2 Å². The molecule has 79 heavy (non-hydrogen) atoms. The smallest absolute Gasteiger partial charge is 0.753 e. The Labute approximate surface area is 476 Å². The molecule has 0 amide bonds.